The van der Waals surface area contributed by atoms with E-state index in [4.69, 9.17) is 21.6 Å². The van der Waals surface area contributed by atoms with E-state index >= 15 is 0 Å². The Morgan fingerprint density at radius 2 is 1.92 bits per heavy atom. The van der Waals surface area contributed by atoms with Gasteiger partial charge in [-0.15, -0.1) is 0 Å². The van der Waals surface area contributed by atoms with Crippen molar-refractivity contribution in [2.75, 3.05) is 6.61 Å². The van der Waals surface area contributed by atoms with Crippen molar-refractivity contribution in [3.8, 4) is 23.1 Å². The lowest BCUT2D eigenvalue weighted by molar-refractivity contribution is 0.0699. The van der Waals surface area contributed by atoms with Crippen molar-refractivity contribution >= 4 is 39.4 Å². The molecule has 0 aliphatic carbocycles. The van der Waals surface area contributed by atoms with Crippen LogP contribution in [0.5, 0.6) is 5.75 Å². The van der Waals surface area contributed by atoms with Gasteiger partial charge in [0.05, 0.1) is 46.7 Å². The summed E-state index contributed by atoms with van der Waals surface area (Å²) in [7, 11) is 0. The van der Waals surface area contributed by atoms with Crippen LogP contribution in [0.15, 0.2) is 71.9 Å². The van der Waals surface area contributed by atoms with Crippen LogP contribution >= 0.6 is 11.6 Å². The summed E-state index contributed by atoms with van der Waals surface area (Å²) in [5, 5.41) is 20.0. The smallest absolute Gasteiger partial charge is 0.336 e. The zero-order chi connectivity index (χ0) is 25.2. The maximum atomic E-state index is 12.8. The Kier molecular flexibility index (Phi) is 6.02. The number of ether oxygens (including phenoxy) is 1. The molecule has 0 bridgehead atoms. The second-order valence-corrected chi connectivity index (χ2v) is 8.24. The van der Waals surface area contributed by atoms with Gasteiger partial charge in [0.25, 0.3) is 5.56 Å². The third kappa shape index (κ3) is 4.33. The number of halogens is 1. The third-order valence-electron chi connectivity index (χ3n) is 5.58. The van der Waals surface area contributed by atoms with Gasteiger partial charge in [0.1, 0.15) is 24.1 Å². The summed E-state index contributed by atoms with van der Waals surface area (Å²) in [6.45, 7) is 0.289. The van der Waals surface area contributed by atoms with E-state index in [2.05, 4.69) is 15.0 Å². The number of nitrogens with zero attached hydrogens (tertiary/aromatic N) is 5. The number of aromatic nitrogens is 4. The topological polar surface area (TPSA) is 131 Å². The van der Waals surface area contributed by atoms with E-state index in [9.17, 15) is 14.7 Å². The number of rotatable bonds is 6. The summed E-state index contributed by atoms with van der Waals surface area (Å²) < 4.78 is 7.36. The lowest BCUT2D eigenvalue weighted by Gasteiger charge is -2.14. The quantitative estimate of drug-likeness (QED) is 0.367. The Labute approximate surface area is 208 Å². The van der Waals surface area contributed by atoms with Gasteiger partial charge in [0, 0.05) is 16.0 Å². The predicted octanol–water partition coefficient (Wildman–Crippen LogP) is 4.31. The highest BCUT2D eigenvalue weighted by molar-refractivity contribution is 6.31. The number of hydrogen-bond acceptors (Lipinski definition) is 7. The van der Waals surface area contributed by atoms with Gasteiger partial charge < -0.3 is 9.84 Å². The zero-order valence-electron chi connectivity index (χ0n) is 18.6. The molecule has 0 radical (unpaired) electrons. The monoisotopic (exact) mass is 497 g/mol. The van der Waals surface area contributed by atoms with Crippen molar-refractivity contribution in [3.63, 3.8) is 0 Å². The van der Waals surface area contributed by atoms with E-state index in [0.717, 1.165) is 0 Å². The first-order chi connectivity index (χ1) is 17.4. The van der Waals surface area contributed by atoms with Crippen LogP contribution in [0.3, 0.4) is 0 Å². The molecule has 176 valence electrons. The summed E-state index contributed by atoms with van der Waals surface area (Å²) in [4.78, 5) is 37.5. The van der Waals surface area contributed by atoms with Crippen LogP contribution in [0.4, 0.5) is 0 Å². The summed E-state index contributed by atoms with van der Waals surface area (Å²) in [6, 6.07) is 16.8. The van der Waals surface area contributed by atoms with Crippen LogP contribution in [0.2, 0.25) is 5.02 Å². The molecule has 3 aromatic heterocycles. The lowest BCUT2D eigenvalue weighted by atomic mass is 10.0. The van der Waals surface area contributed by atoms with Crippen molar-refractivity contribution in [3.05, 3.63) is 93.8 Å². The number of pyridine rings is 2. The second kappa shape index (κ2) is 9.44. The summed E-state index contributed by atoms with van der Waals surface area (Å²) in [5.41, 5.74) is 1.76. The largest absolute Gasteiger partial charge is 0.491 e. The Bertz CT molecular complexity index is 1760. The minimum absolute atomic E-state index is 0.108. The van der Waals surface area contributed by atoms with Gasteiger partial charge in [0.15, 0.2) is 0 Å². The Morgan fingerprint density at radius 1 is 1.08 bits per heavy atom. The van der Waals surface area contributed by atoms with Gasteiger partial charge >= 0.3 is 5.97 Å². The SMILES string of the molecule is N#Cc1cc2c(=O)n(CCOc3ccc(Cl)cc3-c3cc(C(=O)O)c4ccccc4n3)cnc2cn1. The van der Waals surface area contributed by atoms with Gasteiger partial charge in [0.2, 0.25) is 0 Å². The highest BCUT2D eigenvalue weighted by Crippen LogP contribution is 2.34. The van der Waals surface area contributed by atoms with E-state index in [1.54, 1.807) is 42.5 Å². The van der Waals surface area contributed by atoms with E-state index in [-0.39, 0.29) is 35.4 Å². The number of para-hydroxylation sites is 1. The van der Waals surface area contributed by atoms with Crippen LogP contribution in [0.25, 0.3) is 33.1 Å². The standard InChI is InChI=1S/C26H16ClN5O4/c27-15-5-6-24(19(9-15)22-11-18(26(34)35)17-3-1-2-4-21(17)31-22)36-8-7-32-14-30-23-13-29-16(12-28)10-20(23)25(32)33/h1-6,9-11,13-14H,7-8H2,(H,34,35). The molecule has 10 heteroatoms. The molecule has 1 N–H and O–H groups in total. The maximum absolute atomic E-state index is 12.8. The molecule has 9 nitrogen and oxygen atoms in total. The summed E-state index contributed by atoms with van der Waals surface area (Å²) in [6.07, 6.45) is 2.78. The van der Waals surface area contributed by atoms with Gasteiger partial charge in [-0.1, -0.05) is 29.8 Å². The van der Waals surface area contributed by atoms with Crippen LogP contribution in [-0.2, 0) is 6.54 Å². The Balaban J connectivity index is 1.46. The predicted molar refractivity (Wildman–Crippen MR) is 133 cm³/mol. The van der Waals surface area contributed by atoms with Crippen molar-refractivity contribution in [1.29, 1.82) is 5.26 Å². The van der Waals surface area contributed by atoms with Crippen molar-refractivity contribution in [2.24, 2.45) is 0 Å². The fraction of sp³-hybridized carbons (Fsp3) is 0.0769. The van der Waals surface area contributed by atoms with Crippen molar-refractivity contribution in [1.82, 2.24) is 19.5 Å². The highest BCUT2D eigenvalue weighted by Gasteiger charge is 2.16. The first-order valence-electron chi connectivity index (χ1n) is 10.8. The molecule has 0 aliphatic rings. The van der Waals surface area contributed by atoms with Gasteiger partial charge in [-0.3, -0.25) is 9.36 Å². The molecule has 0 unspecified atom stereocenters. The van der Waals surface area contributed by atoms with Gasteiger partial charge in [-0.2, -0.15) is 5.26 Å². The summed E-state index contributed by atoms with van der Waals surface area (Å²) in [5.74, 6) is -0.645. The number of carbonyl (C=O) groups is 1. The molecular weight excluding hydrogens is 482 g/mol. The molecule has 2 aromatic carbocycles. The maximum Gasteiger partial charge on any atom is 0.336 e. The molecule has 0 spiro atoms. The van der Waals surface area contributed by atoms with Crippen LogP contribution in [-0.4, -0.2) is 37.2 Å². The Morgan fingerprint density at radius 3 is 2.72 bits per heavy atom. The molecule has 36 heavy (non-hydrogen) atoms. The summed E-state index contributed by atoms with van der Waals surface area (Å²) >= 11 is 6.24. The number of nitriles is 1. The van der Waals surface area contributed by atoms with Crippen molar-refractivity contribution in [2.45, 2.75) is 6.54 Å². The molecule has 3 heterocycles. The zero-order valence-corrected chi connectivity index (χ0v) is 19.3. The lowest BCUT2D eigenvalue weighted by Crippen LogP contribution is -2.23. The number of fused-ring (bicyclic) bond motifs is 2. The normalized spacial score (nSPS) is 10.9. The van der Waals surface area contributed by atoms with Crippen molar-refractivity contribution < 1.29 is 14.6 Å². The molecule has 5 rings (SSSR count). The fourth-order valence-corrected chi connectivity index (χ4v) is 4.03. The number of carboxylic acid groups (broad SMARTS) is 1. The molecular formula is C26H16ClN5O4. The molecule has 0 atom stereocenters. The first-order valence-corrected chi connectivity index (χ1v) is 11.1. The van der Waals surface area contributed by atoms with Crippen LogP contribution in [0.1, 0.15) is 16.1 Å². The second-order valence-electron chi connectivity index (χ2n) is 7.81. The fourth-order valence-electron chi connectivity index (χ4n) is 3.85. The molecule has 0 fully saturated rings. The minimum atomic E-state index is -1.07. The molecule has 0 amide bonds. The average Bonchev–Trinajstić information content (AvgIpc) is 2.89. The molecule has 5 aromatic rings. The van der Waals surface area contributed by atoms with Crippen LogP contribution in [0, 0.1) is 11.3 Å². The van der Waals surface area contributed by atoms with Gasteiger partial charge in [-0.05, 0) is 36.4 Å². The minimum Gasteiger partial charge on any atom is -0.491 e. The number of aromatic carboxylic acids is 1. The molecule has 0 saturated carbocycles. The number of benzene rings is 2. The molecule has 0 aliphatic heterocycles. The van der Waals surface area contributed by atoms with E-state index < -0.39 is 5.97 Å². The van der Waals surface area contributed by atoms with E-state index in [1.807, 2.05) is 6.07 Å². The number of hydrogen-bond donors (Lipinski definition) is 1. The molecule has 0 saturated heterocycles. The average molecular weight is 498 g/mol. The third-order valence-corrected chi connectivity index (χ3v) is 5.81. The Hall–Kier alpha value is -4.81. The van der Waals surface area contributed by atoms with Crippen LogP contribution < -0.4 is 10.3 Å². The first kappa shape index (κ1) is 23.0. The van der Waals surface area contributed by atoms with Gasteiger partial charge in [-0.25, -0.2) is 19.7 Å². The van der Waals surface area contributed by atoms with E-state index in [0.29, 0.717) is 38.4 Å². The number of carboxylic acids is 1. The van der Waals surface area contributed by atoms with E-state index in [1.165, 1.54) is 29.2 Å². The highest BCUT2D eigenvalue weighted by atomic mass is 35.5.